The first-order valence-corrected chi connectivity index (χ1v) is 5.61. The van der Waals surface area contributed by atoms with Gasteiger partial charge in [0.2, 0.25) is 0 Å². The molecule has 0 N–H and O–H groups in total. The van der Waals surface area contributed by atoms with Crippen molar-refractivity contribution in [3.8, 4) is 6.07 Å². The Balaban J connectivity index is 3.18. The first kappa shape index (κ1) is 13.4. The van der Waals surface area contributed by atoms with E-state index in [-0.39, 0.29) is 5.41 Å². The molecule has 2 heteroatoms. The summed E-state index contributed by atoms with van der Waals surface area (Å²) in [7, 11) is 0. The highest BCUT2D eigenvalue weighted by atomic mass is 16.5. The summed E-state index contributed by atoms with van der Waals surface area (Å²) in [6.45, 7) is 7.82. The number of nitriles is 1. The molecule has 0 fully saturated rings. The quantitative estimate of drug-likeness (QED) is 0.558. The predicted octanol–water partition coefficient (Wildman–Crippen LogP) is 3.52. The smallest absolute Gasteiger partial charge is 0.0683 e. The van der Waals surface area contributed by atoms with Gasteiger partial charge in [-0.2, -0.15) is 5.26 Å². The minimum Gasteiger partial charge on any atom is -0.381 e. The van der Waals surface area contributed by atoms with Crippen LogP contribution in [0.15, 0.2) is 0 Å². The molecule has 0 saturated carbocycles. The average molecular weight is 197 g/mol. The van der Waals surface area contributed by atoms with E-state index < -0.39 is 0 Å². The largest absolute Gasteiger partial charge is 0.381 e. The van der Waals surface area contributed by atoms with Gasteiger partial charge in [0.1, 0.15) is 0 Å². The lowest BCUT2D eigenvalue weighted by atomic mass is 9.90. The van der Waals surface area contributed by atoms with Gasteiger partial charge in [-0.1, -0.05) is 19.8 Å². The maximum Gasteiger partial charge on any atom is 0.0683 e. The van der Waals surface area contributed by atoms with Crippen molar-refractivity contribution in [2.75, 3.05) is 13.2 Å². The van der Waals surface area contributed by atoms with Gasteiger partial charge in [0.05, 0.1) is 11.5 Å². The molecule has 0 saturated heterocycles. The maximum atomic E-state index is 8.78. The third-order valence-corrected chi connectivity index (χ3v) is 2.29. The van der Waals surface area contributed by atoms with Crippen molar-refractivity contribution in [1.82, 2.24) is 0 Å². The Labute approximate surface area is 88.3 Å². The second-order valence-corrected chi connectivity index (χ2v) is 4.42. The van der Waals surface area contributed by atoms with Crippen molar-refractivity contribution >= 4 is 0 Å². The third-order valence-electron chi connectivity index (χ3n) is 2.29. The Hall–Kier alpha value is -0.550. The number of ether oxygens (including phenoxy) is 1. The van der Waals surface area contributed by atoms with Gasteiger partial charge in [-0.15, -0.1) is 0 Å². The van der Waals surface area contributed by atoms with Gasteiger partial charge in [-0.25, -0.2) is 0 Å². The zero-order valence-electron chi connectivity index (χ0n) is 9.81. The molecule has 0 aliphatic heterocycles. The summed E-state index contributed by atoms with van der Waals surface area (Å²) in [5.41, 5.74) is -0.188. The maximum absolute atomic E-state index is 8.78. The second kappa shape index (κ2) is 7.82. The van der Waals surface area contributed by atoms with E-state index in [4.69, 9.17) is 10.00 Å². The molecule has 2 nitrogen and oxygen atoms in total. The van der Waals surface area contributed by atoms with Gasteiger partial charge in [0, 0.05) is 13.2 Å². The van der Waals surface area contributed by atoms with E-state index in [2.05, 4.69) is 13.0 Å². The van der Waals surface area contributed by atoms with Gasteiger partial charge in [-0.05, 0) is 33.1 Å². The van der Waals surface area contributed by atoms with Crippen LogP contribution in [0.1, 0.15) is 52.9 Å². The van der Waals surface area contributed by atoms with Crippen molar-refractivity contribution < 1.29 is 4.74 Å². The molecular weight excluding hydrogens is 174 g/mol. The molecule has 0 unspecified atom stereocenters. The van der Waals surface area contributed by atoms with Crippen LogP contribution >= 0.6 is 0 Å². The van der Waals surface area contributed by atoms with Crippen molar-refractivity contribution in [3.63, 3.8) is 0 Å². The fraction of sp³-hybridized carbons (Fsp3) is 0.917. The molecule has 0 radical (unpaired) electrons. The lowest BCUT2D eigenvalue weighted by molar-refractivity contribution is 0.121. The molecular formula is C12H23NO. The van der Waals surface area contributed by atoms with Gasteiger partial charge >= 0.3 is 0 Å². The average Bonchev–Trinajstić information content (AvgIpc) is 2.16. The van der Waals surface area contributed by atoms with E-state index in [9.17, 15) is 0 Å². The van der Waals surface area contributed by atoms with Crippen LogP contribution in [-0.4, -0.2) is 13.2 Å². The topological polar surface area (TPSA) is 33.0 Å². The molecule has 0 spiro atoms. The molecule has 0 heterocycles. The molecule has 0 amide bonds. The van der Waals surface area contributed by atoms with Crippen LogP contribution in [0.25, 0.3) is 0 Å². The minimum absolute atomic E-state index is 0.188. The Kier molecular flexibility index (Phi) is 7.51. The van der Waals surface area contributed by atoms with Gasteiger partial charge in [0.15, 0.2) is 0 Å². The van der Waals surface area contributed by atoms with E-state index in [0.717, 1.165) is 32.5 Å². The van der Waals surface area contributed by atoms with Crippen molar-refractivity contribution in [2.45, 2.75) is 52.9 Å². The van der Waals surface area contributed by atoms with Crippen LogP contribution in [0.2, 0.25) is 0 Å². The molecule has 0 aromatic heterocycles. The monoisotopic (exact) mass is 197 g/mol. The van der Waals surface area contributed by atoms with Crippen LogP contribution in [0.4, 0.5) is 0 Å². The normalized spacial score (nSPS) is 11.3. The Morgan fingerprint density at radius 3 is 2.36 bits per heavy atom. The van der Waals surface area contributed by atoms with Gasteiger partial charge in [-0.3, -0.25) is 0 Å². The van der Waals surface area contributed by atoms with Crippen LogP contribution in [0.5, 0.6) is 0 Å². The van der Waals surface area contributed by atoms with Crippen molar-refractivity contribution in [2.24, 2.45) is 5.41 Å². The summed E-state index contributed by atoms with van der Waals surface area (Å²) in [4.78, 5) is 0. The molecule has 0 rings (SSSR count). The van der Waals surface area contributed by atoms with Gasteiger partial charge in [0.25, 0.3) is 0 Å². The summed E-state index contributed by atoms with van der Waals surface area (Å²) in [5.74, 6) is 0. The highest BCUT2D eigenvalue weighted by Gasteiger charge is 2.15. The van der Waals surface area contributed by atoms with E-state index in [1.807, 2.05) is 13.8 Å². The number of rotatable bonds is 8. The van der Waals surface area contributed by atoms with Gasteiger partial charge < -0.3 is 4.74 Å². The zero-order chi connectivity index (χ0) is 10.9. The van der Waals surface area contributed by atoms with E-state index in [1.165, 1.54) is 12.8 Å². The highest BCUT2D eigenvalue weighted by Crippen LogP contribution is 2.20. The summed E-state index contributed by atoms with van der Waals surface area (Å²) in [5, 5.41) is 8.78. The SMILES string of the molecule is CCCCCOCCCC(C)(C)C#N. The molecule has 0 aromatic rings. The van der Waals surface area contributed by atoms with E-state index in [1.54, 1.807) is 0 Å². The Morgan fingerprint density at radius 2 is 1.79 bits per heavy atom. The number of hydrogen-bond acceptors (Lipinski definition) is 2. The van der Waals surface area contributed by atoms with E-state index in [0.29, 0.717) is 0 Å². The van der Waals surface area contributed by atoms with Crippen LogP contribution in [0, 0.1) is 16.7 Å². The fourth-order valence-electron chi connectivity index (χ4n) is 1.23. The summed E-state index contributed by atoms with van der Waals surface area (Å²) in [6, 6.07) is 2.30. The predicted molar refractivity (Wildman–Crippen MR) is 59.0 cm³/mol. The summed E-state index contributed by atoms with van der Waals surface area (Å²) < 4.78 is 5.47. The first-order valence-electron chi connectivity index (χ1n) is 5.61. The lowest BCUT2D eigenvalue weighted by Crippen LogP contribution is -2.09. The second-order valence-electron chi connectivity index (χ2n) is 4.42. The number of hydrogen-bond donors (Lipinski definition) is 0. The standard InChI is InChI=1S/C12H23NO/c1-4-5-6-9-14-10-7-8-12(2,3)11-13/h4-10H2,1-3H3. The molecule has 0 bridgehead atoms. The van der Waals surface area contributed by atoms with Crippen LogP contribution in [-0.2, 0) is 4.74 Å². The third kappa shape index (κ3) is 8.07. The number of unbranched alkanes of at least 4 members (excludes halogenated alkanes) is 2. The minimum atomic E-state index is -0.188. The molecule has 0 atom stereocenters. The molecule has 14 heavy (non-hydrogen) atoms. The summed E-state index contributed by atoms with van der Waals surface area (Å²) >= 11 is 0. The fourth-order valence-corrected chi connectivity index (χ4v) is 1.23. The molecule has 0 aliphatic carbocycles. The molecule has 0 aromatic carbocycles. The van der Waals surface area contributed by atoms with Crippen LogP contribution < -0.4 is 0 Å². The lowest BCUT2D eigenvalue weighted by Gasteiger charge is -2.14. The van der Waals surface area contributed by atoms with E-state index >= 15 is 0 Å². The van der Waals surface area contributed by atoms with Crippen LogP contribution in [0.3, 0.4) is 0 Å². The Morgan fingerprint density at radius 1 is 1.14 bits per heavy atom. The molecule has 82 valence electrons. The first-order chi connectivity index (χ1) is 6.62. The highest BCUT2D eigenvalue weighted by molar-refractivity contribution is 4.91. The van der Waals surface area contributed by atoms with Crippen molar-refractivity contribution in [3.05, 3.63) is 0 Å². The van der Waals surface area contributed by atoms with Crippen molar-refractivity contribution in [1.29, 1.82) is 5.26 Å². The summed E-state index contributed by atoms with van der Waals surface area (Å²) in [6.07, 6.45) is 5.58. The molecule has 0 aliphatic rings. The Bertz CT molecular complexity index is 170. The number of nitrogens with zero attached hydrogens (tertiary/aromatic N) is 1. The zero-order valence-corrected chi connectivity index (χ0v) is 9.81.